The second-order valence-electron chi connectivity index (χ2n) is 8.88. The Kier molecular flexibility index (Phi) is 5.13. The van der Waals surface area contributed by atoms with Gasteiger partial charge in [-0.25, -0.2) is 4.79 Å². The van der Waals surface area contributed by atoms with E-state index in [0.29, 0.717) is 11.3 Å². The molecule has 1 N–H and O–H groups in total. The van der Waals surface area contributed by atoms with E-state index in [9.17, 15) is 9.59 Å². The molecule has 7 nitrogen and oxygen atoms in total. The summed E-state index contributed by atoms with van der Waals surface area (Å²) in [5, 5.41) is 7.57. The molecule has 0 unspecified atom stereocenters. The molecule has 7 heteroatoms. The Labute approximate surface area is 181 Å². The van der Waals surface area contributed by atoms with Gasteiger partial charge in [0.15, 0.2) is 0 Å². The fourth-order valence-corrected chi connectivity index (χ4v) is 3.51. The van der Waals surface area contributed by atoms with Crippen molar-refractivity contribution in [3.63, 3.8) is 0 Å². The molecule has 0 aliphatic heterocycles. The average molecular weight is 418 g/mol. The lowest BCUT2D eigenvalue weighted by molar-refractivity contribution is 0.0600. The number of nitrogens with zero attached hydrogens (tertiary/aromatic N) is 3. The molecule has 0 bridgehead atoms. The number of ether oxygens (including phenoxy) is 1. The fraction of sp³-hybridized carbons (Fsp3) is 0.333. The first-order chi connectivity index (χ1) is 14.7. The molecule has 2 aromatic heterocycles. The van der Waals surface area contributed by atoms with Gasteiger partial charge in [0.25, 0.3) is 5.91 Å². The minimum Gasteiger partial charge on any atom is -0.465 e. The molecular formula is C24H26N4O3. The number of rotatable bonds is 5. The molecule has 0 saturated heterocycles. The van der Waals surface area contributed by atoms with Gasteiger partial charge in [-0.15, -0.1) is 0 Å². The number of esters is 1. The van der Waals surface area contributed by atoms with Gasteiger partial charge >= 0.3 is 5.97 Å². The molecule has 3 aromatic rings. The number of methoxy groups -OCH3 is 1. The minimum absolute atomic E-state index is 0.118. The topological polar surface area (TPSA) is 86.1 Å². The van der Waals surface area contributed by atoms with E-state index in [0.717, 1.165) is 29.5 Å². The highest BCUT2D eigenvalue weighted by Crippen LogP contribution is 2.45. The van der Waals surface area contributed by atoms with Crippen molar-refractivity contribution in [2.75, 3.05) is 7.11 Å². The van der Waals surface area contributed by atoms with Crippen LogP contribution in [0.15, 0.2) is 55.0 Å². The standard InChI is InChI=1S/C24H26N4O3/c1-23(2,3)28-15-18(14-26-28)17-9-12-25-20(13-17)21(29)27-24(10-11-24)19-7-5-16(6-8-19)22(30)31-4/h5-9,12-15H,10-11H2,1-4H3,(H,27,29). The van der Waals surface area contributed by atoms with Crippen LogP contribution in [0.2, 0.25) is 0 Å². The van der Waals surface area contributed by atoms with Crippen molar-refractivity contribution >= 4 is 11.9 Å². The van der Waals surface area contributed by atoms with Crippen LogP contribution < -0.4 is 5.32 Å². The molecular weight excluding hydrogens is 392 g/mol. The molecule has 1 saturated carbocycles. The maximum Gasteiger partial charge on any atom is 0.337 e. The first-order valence-electron chi connectivity index (χ1n) is 10.2. The normalized spacial score (nSPS) is 14.7. The van der Waals surface area contributed by atoms with Gasteiger partial charge in [-0.3, -0.25) is 14.5 Å². The summed E-state index contributed by atoms with van der Waals surface area (Å²) in [6, 6.07) is 10.8. The Morgan fingerprint density at radius 2 is 1.81 bits per heavy atom. The van der Waals surface area contributed by atoms with Crippen LogP contribution >= 0.6 is 0 Å². The maximum absolute atomic E-state index is 13.0. The number of amides is 1. The average Bonchev–Trinajstić information content (AvgIpc) is 3.35. The largest absolute Gasteiger partial charge is 0.465 e. The Bertz CT molecular complexity index is 1120. The minimum atomic E-state index is -0.416. The molecule has 0 atom stereocenters. The number of hydrogen-bond acceptors (Lipinski definition) is 5. The summed E-state index contributed by atoms with van der Waals surface area (Å²) in [7, 11) is 1.36. The summed E-state index contributed by atoms with van der Waals surface area (Å²) in [6.07, 6.45) is 7.10. The zero-order valence-corrected chi connectivity index (χ0v) is 18.2. The molecule has 1 aliphatic carbocycles. The van der Waals surface area contributed by atoms with Crippen LogP contribution in [-0.2, 0) is 15.8 Å². The fourth-order valence-electron chi connectivity index (χ4n) is 3.51. The predicted octanol–water partition coefficient (Wildman–Crippen LogP) is 3.91. The molecule has 160 valence electrons. The molecule has 0 radical (unpaired) electrons. The Morgan fingerprint density at radius 1 is 1.10 bits per heavy atom. The molecule has 1 aliphatic rings. The van der Waals surface area contributed by atoms with Crippen molar-refractivity contribution in [1.82, 2.24) is 20.1 Å². The molecule has 1 amide bonds. The van der Waals surface area contributed by atoms with E-state index in [1.165, 1.54) is 7.11 Å². The van der Waals surface area contributed by atoms with Gasteiger partial charge in [-0.2, -0.15) is 5.10 Å². The molecule has 2 heterocycles. The van der Waals surface area contributed by atoms with E-state index in [2.05, 4.69) is 36.2 Å². The SMILES string of the molecule is COC(=O)c1ccc(C2(NC(=O)c3cc(-c4cnn(C(C)(C)C)c4)ccn3)CC2)cc1. The van der Waals surface area contributed by atoms with E-state index in [4.69, 9.17) is 4.74 Å². The Morgan fingerprint density at radius 3 is 2.39 bits per heavy atom. The monoisotopic (exact) mass is 418 g/mol. The summed E-state index contributed by atoms with van der Waals surface area (Å²) in [5.74, 6) is -0.601. The van der Waals surface area contributed by atoms with Gasteiger partial charge in [0, 0.05) is 18.0 Å². The molecule has 1 fully saturated rings. The quantitative estimate of drug-likeness (QED) is 0.635. The number of benzene rings is 1. The van der Waals surface area contributed by atoms with Gasteiger partial charge in [0.1, 0.15) is 5.69 Å². The number of carbonyl (C=O) groups excluding carboxylic acids is 2. The van der Waals surface area contributed by atoms with Crippen LogP contribution in [0.25, 0.3) is 11.1 Å². The number of carbonyl (C=O) groups is 2. The van der Waals surface area contributed by atoms with Crippen molar-refractivity contribution in [3.8, 4) is 11.1 Å². The highest BCUT2D eigenvalue weighted by molar-refractivity contribution is 5.94. The summed E-state index contributed by atoms with van der Waals surface area (Å²) in [5.41, 5.74) is 3.11. The van der Waals surface area contributed by atoms with Crippen LogP contribution in [-0.4, -0.2) is 33.8 Å². The van der Waals surface area contributed by atoms with Gasteiger partial charge in [-0.1, -0.05) is 12.1 Å². The summed E-state index contributed by atoms with van der Waals surface area (Å²) < 4.78 is 6.65. The second-order valence-corrected chi connectivity index (χ2v) is 8.88. The van der Waals surface area contributed by atoms with E-state index in [1.54, 1.807) is 30.6 Å². The molecule has 31 heavy (non-hydrogen) atoms. The highest BCUT2D eigenvalue weighted by atomic mass is 16.5. The van der Waals surface area contributed by atoms with E-state index < -0.39 is 5.54 Å². The van der Waals surface area contributed by atoms with Crippen LogP contribution in [0.4, 0.5) is 0 Å². The van der Waals surface area contributed by atoms with Crippen molar-refractivity contribution in [1.29, 1.82) is 0 Å². The summed E-state index contributed by atoms with van der Waals surface area (Å²) >= 11 is 0. The smallest absolute Gasteiger partial charge is 0.337 e. The highest BCUT2D eigenvalue weighted by Gasteiger charge is 2.46. The van der Waals surface area contributed by atoms with Crippen molar-refractivity contribution in [2.45, 2.75) is 44.7 Å². The maximum atomic E-state index is 13.0. The molecule has 0 spiro atoms. The van der Waals surface area contributed by atoms with E-state index >= 15 is 0 Å². The third-order valence-corrected chi connectivity index (χ3v) is 5.56. The molecule has 4 rings (SSSR count). The van der Waals surface area contributed by atoms with Crippen LogP contribution in [0.5, 0.6) is 0 Å². The first-order valence-corrected chi connectivity index (χ1v) is 10.2. The third-order valence-electron chi connectivity index (χ3n) is 5.56. The summed E-state index contributed by atoms with van der Waals surface area (Å²) in [4.78, 5) is 28.9. The van der Waals surface area contributed by atoms with Gasteiger partial charge in [0.05, 0.1) is 29.9 Å². The van der Waals surface area contributed by atoms with Gasteiger partial charge < -0.3 is 10.1 Å². The van der Waals surface area contributed by atoms with Crippen molar-refractivity contribution in [3.05, 3.63) is 71.8 Å². The lowest BCUT2D eigenvalue weighted by atomic mass is 10.0. The third kappa shape index (κ3) is 4.21. The molecule has 1 aromatic carbocycles. The number of hydrogen-bond donors (Lipinski definition) is 1. The van der Waals surface area contributed by atoms with Gasteiger partial charge in [0.2, 0.25) is 0 Å². The predicted molar refractivity (Wildman–Crippen MR) is 117 cm³/mol. The van der Waals surface area contributed by atoms with E-state index in [1.807, 2.05) is 29.1 Å². The van der Waals surface area contributed by atoms with Crippen LogP contribution in [0.1, 0.15) is 60.0 Å². The zero-order valence-electron chi connectivity index (χ0n) is 18.2. The summed E-state index contributed by atoms with van der Waals surface area (Å²) in [6.45, 7) is 6.26. The number of pyridine rings is 1. The Balaban J connectivity index is 1.52. The second kappa shape index (κ2) is 7.65. The lowest BCUT2D eigenvalue weighted by Gasteiger charge is -2.19. The number of nitrogens with one attached hydrogen (secondary N) is 1. The van der Waals surface area contributed by atoms with Crippen LogP contribution in [0, 0.1) is 0 Å². The number of aromatic nitrogens is 3. The van der Waals surface area contributed by atoms with Crippen molar-refractivity contribution < 1.29 is 14.3 Å². The van der Waals surface area contributed by atoms with Crippen molar-refractivity contribution in [2.24, 2.45) is 0 Å². The van der Waals surface area contributed by atoms with Crippen LogP contribution in [0.3, 0.4) is 0 Å². The lowest BCUT2D eigenvalue weighted by Crippen LogP contribution is -2.35. The first kappa shape index (κ1) is 20.8. The Hall–Kier alpha value is -3.48. The van der Waals surface area contributed by atoms with E-state index in [-0.39, 0.29) is 17.4 Å². The van der Waals surface area contributed by atoms with Gasteiger partial charge in [-0.05, 0) is 69.0 Å². The zero-order chi connectivity index (χ0) is 22.2.